The summed E-state index contributed by atoms with van der Waals surface area (Å²) in [4.78, 5) is 19.0. The Morgan fingerprint density at radius 1 is 0.940 bits per heavy atom. The van der Waals surface area contributed by atoms with E-state index in [1.165, 1.54) is 40.6 Å². The molecule has 0 radical (unpaired) electrons. The van der Waals surface area contributed by atoms with Gasteiger partial charge in [-0.1, -0.05) is 61.4 Å². The zero-order chi connectivity index (χ0) is 47.6. The highest BCUT2D eigenvalue weighted by atomic mass is 35.5. The van der Waals surface area contributed by atoms with Crippen molar-refractivity contribution in [3.8, 4) is 0 Å². The fourth-order valence-corrected chi connectivity index (χ4v) is 11.9. The Hall–Kier alpha value is -4.43. The summed E-state index contributed by atoms with van der Waals surface area (Å²) in [6.45, 7) is 8.94. The van der Waals surface area contributed by atoms with Crippen LogP contribution in [0.5, 0.6) is 0 Å². The van der Waals surface area contributed by atoms with Crippen molar-refractivity contribution in [3.63, 3.8) is 0 Å². The first-order valence-electron chi connectivity index (χ1n) is 22.2. The Labute approximate surface area is 399 Å². The number of imidazole rings is 1. The van der Waals surface area contributed by atoms with Crippen LogP contribution in [0, 0.1) is 5.41 Å². The van der Waals surface area contributed by atoms with Crippen molar-refractivity contribution in [2.75, 3.05) is 50.5 Å². The van der Waals surface area contributed by atoms with Crippen LogP contribution in [0.4, 0.5) is 18.9 Å². The molecule has 1 aromatic heterocycles. The molecule has 2 fully saturated rings. The number of sulfonamides is 1. The minimum Gasteiger partial charge on any atom is -0.380 e. The molecular formula is C48H54ClF3N6O6S3. The van der Waals surface area contributed by atoms with E-state index in [4.69, 9.17) is 16.3 Å². The molecule has 1 atom stereocenters. The number of morpholine rings is 1. The van der Waals surface area contributed by atoms with Gasteiger partial charge in [0.1, 0.15) is 4.90 Å². The molecule has 67 heavy (non-hydrogen) atoms. The first kappa shape index (κ1) is 49.0. The van der Waals surface area contributed by atoms with Gasteiger partial charge in [-0.2, -0.15) is 13.2 Å². The number of nitrogens with zero attached hydrogens (tertiary/aromatic N) is 3. The van der Waals surface area contributed by atoms with Crippen LogP contribution >= 0.6 is 23.4 Å². The van der Waals surface area contributed by atoms with E-state index in [2.05, 4.69) is 46.5 Å². The molecule has 5 aromatic rings. The van der Waals surface area contributed by atoms with E-state index < -0.39 is 52.8 Å². The van der Waals surface area contributed by atoms with E-state index in [9.17, 15) is 34.8 Å². The summed E-state index contributed by atoms with van der Waals surface area (Å²) < 4.78 is 106. The molecule has 4 aromatic carbocycles. The summed E-state index contributed by atoms with van der Waals surface area (Å²) in [5.41, 5.74) is -1.12. The molecule has 8 rings (SSSR count). The van der Waals surface area contributed by atoms with E-state index in [1.807, 2.05) is 51.8 Å². The lowest BCUT2D eigenvalue weighted by atomic mass is 9.73. The predicted octanol–water partition coefficient (Wildman–Crippen LogP) is 9.18. The summed E-state index contributed by atoms with van der Waals surface area (Å²) in [7, 11) is -11.0. The zero-order valence-corrected chi connectivity index (χ0v) is 40.4. The van der Waals surface area contributed by atoms with Crippen LogP contribution in [-0.2, 0) is 31.1 Å². The Bertz CT molecular complexity index is 2850. The standard InChI is InChI=1S/C48H54ClF3N6O6S3/c1-46(2)18-16-40(33-8-11-36(49)12-9-33)35(28-46)29-54-47(19-20-47)31-58-32-53-42-26-34(10-15-43(42)58)45(59)56-67(62,63)39-13-14-41(44(27-39)66(60,61)48(50,51)52)55-37(17-21-57-22-24-64-25-23-57)30-65-38-6-4-3-5-7-38/h3-15,26-27,32,37,54-55H,16-25,28-31H2,1-2H3,(H,56,59)/t37-/m1/s1. The van der Waals surface area contributed by atoms with Crippen molar-refractivity contribution in [2.45, 2.75) is 90.7 Å². The lowest BCUT2D eigenvalue weighted by Crippen LogP contribution is -2.39. The van der Waals surface area contributed by atoms with Crippen LogP contribution in [0.2, 0.25) is 5.02 Å². The summed E-state index contributed by atoms with van der Waals surface area (Å²) in [5, 5.41) is 7.55. The molecule has 2 aliphatic carbocycles. The molecule has 3 N–H and O–H groups in total. The number of anilines is 1. The quantitative estimate of drug-likeness (QED) is 0.0721. The van der Waals surface area contributed by atoms with Gasteiger partial charge in [0.15, 0.2) is 0 Å². The predicted molar refractivity (Wildman–Crippen MR) is 256 cm³/mol. The zero-order valence-electron chi connectivity index (χ0n) is 37.2. The summed E-state index contributed by atoms with van der Waals surface area (Å²) >= 11 is 7.64. The number of fused-ring (bicyclic) bond motifs is 1. The van der Waals surface area contributed by atoms with Gasteiger partial charge in [-0.25, -0.2) is 26.5 Å². The minimum atomic E-state index is -6.07. The number of carbonyl (C=O) groups is 1. The number of benzene rings is 4. The highest BCUT2D eigenvalue weighted by Crippen LogP contribution is 2.44. The van der Waals surface area contributed by atoms with E-state index in [0.29, 0.717) is 68.2 Å². The molecule has 3 aliphatic rings. The van der Waals surface area contributed by atoms with Gasteiger partial charge in [0, 0.05) is 65.5 Å². The van der Waals surface area contributed by atoms with Gasteiger partial charge in [-0.05, 0) is 116 Å². The van der Waals surface area contributed by atoms with Crippen LogP contribution in [0.1, 0.15) is 68.3 Å². The molecular weight excluding hydrogens is 945 g/mol. The summed E-state index contributed by atoms with van der Waals surface area (Å²) in [6.07, 6.45) is 7.10. The molecule has 1 saturated heterocycles. The molecule has 0 unspecified atom stereocenters. The first-order chi connectivity index (χ1) is 31.8. The van der Waals surface area contributed by atoms with Gasteiger partial charge in [0.2, 0.25) is 0 Å². The highest BCUT2D eigenvalue weighted by molar-refractivity contribution is 7.99. The number of hydrogen-bond acceptors (Lipinski definition) is 11. The van der Waals surface area contributed by atoms with Crippen molar-refractivity contribution >= 4 is 71.4 Å². The summed E-state index contributed by atoms with van der Waals surface area (Å²) in [6, 6.07) is 23.8. The number of rotatable bonds is 18. The molecule has 1 aliphatic heterocycles. The van der Waals surface area contributed by atoms with E-state index in [0.717, 1.165) is 61.2 Å². The van der Waals surface area contributed by atoms with Crippen molar-refractivity contribution in [1.82, 2.24) is 24.5 Å². The summed E-state index contributed by atoms with van der Waals surface area (Å²) in [5.74, 6) is -0.708. The van der Waals surface area contributed by atoms with Gasteiger partial charge >= 0.3 is 5.51 Å². The van der Waals surface area contributed by atoms with E-state index in [1.54, 1.807) is 12.4 Å². The smallest absolute Gasteiger partial charge is 0.380 e. The van der Waals surface area contributed by atoms with Crippen molar-refractivity contribution in [1.29, 1.82) is 0 Å². The SMILES string of the molecule is CC1(C)CCC(c2ccc(Cl)cc2)=C(CNC2(Cn3cnc4cc(C(=O)NS(=O)(=O)c5ccc(N[C@H](CCN6CCOCC6)CSc6ccccc6)c(S(=O)(=O)C(F)(F)F)c5)ccc43)CC2)C1. The molecule has 12 nitrogen and oxygen atoms in total. The Kier molecular flexibility index (Phi) is 14.5. The van der Waals surface area contributed by atoms with E-state index in [-0.39, 0.29) is 16.5 Å². The topological polar surface area (TPSA) is 152 Å². The van der Waals surface area contributed by atoms with Gasteiger partial charge in [-0.3, -0.25) is 9.69 Å². The minimum absolute atomic E-state index is 0.0670. The molecule has 1 amide bonds. The first-order valence-corrected chi connectivity index (χ1v) is 26.6. The van der Waals surface area contributed by atoms with Gasteiger partial charge in [-0.15, -0.1) is 11.8 Å². The molecule has 0 spiro atoms. The highest BCUT2D eigenvalue weighted by Gasteiger charge is 2.49. The third-order valence-corrected chi connectivity index (χ3v) is 17.1. The second-order valence-corrected chi connectivity index (χ2v) is 23.5. The number of carbonyl (C=O) groups excluding carboxylic acids is 1. The van der Waals surface area contributed by atoms with Crippen LogP contribution < -0.4 is 15.4 Å². The third-order valence-electron chi connectivity index (χ3n) is 12.8. The van der Waals surface area contributed by atoms with Crippen LogP contribution in [-0.4, -0.2) is 99.4 Å². The number of alkyl halides is 3. The second kappa shape index (κ2) is 19.9. The second-order valence-electron chi connectivity index (χ2n) is 18.4. The van der Waals surface area contributed by atoms with Gasteiger partial charge in [0.25, 0.3) is 25.8 Å². The fraction of sp³-hybridized carbons (Fsp3) is 0.417. The maximum absolute atomic E-state index is 14.2. The Morgan fingerprint density at radius 3 is 2.37 bits per heavy atom. The van der Waals surface area contributed by atoms with Crippen molar-refractivity contribution in [3.05, 3.63) is 119 Å². The van der Waals surface area contributed by atoms with Gasteiger partial charge < -0.3 is 19.9 Å². The van der Waals surface area contributed by atoms with Crippen molar-refractivity contribution < 1.29 is 39.5 Å². The van der Waals surface area contributed by atoms with Crippen LogP contribution in [0.3, 0.4) is 0 Å². The molecule has 358 valence electrons. The molecule has 1 saturated carbocycles. The van der Waals surface area contributed by atoms with E-state index >= 15 is 0 Å². The van der Waals surface area contributed by atoms with Crippen LogP contribution in [0.15, 0.2) is 118 Å². The lowest BCUT2D eigenvalue weighted by molar-refractivity contribution is -0.0435. The number of halogens is 4. The molecule has 0 bridgehead atoms. The largest absolute Gasteiger partial charge is 0.501 e. The monoisotopic (exact) mass is 998 g/mol. The maximum atomic E-state index is 14.2. The number of allylic oxidation sites excluding steroid dienone is 1. The number of hydrogen-bond donors (Lipinski definition) is 3. The number of sulfone groups is 1. The average Bonchev–Trinajstić information content (AvgIpc) is 3.96. The number of nitrogens with one attached hydrogen (secondary N) is 3. The lowest BCUT2D eigenvalue weighted by Gasteiger charge is -2.34. The third kappa shape index (κ3) is 11.9. The molecule has 19 heteroatoms. The Balaban J connectivity index is 0.974. The van der Waals surface area contributed by atoms with Gasteiger partial charge in [0.05, 0.1) is 41.2 Å². The maximum Gasteiger partial charge on any atom is 0.501 e. The number of thioether (sulfide) groups is 1. The molecule has 2 heterocycles. The number of ether oxygens (including phenoxy) is 1. The number of amides is 1. The fourth-order valence-electron chi connectivity index (χ4n) is 8.74. The number of aromatic nitrogens is 2. The average molecular weight is 1000 g/mol. The van der Waals surface area contributed by atoms with Crippen molar-refractivity contribution in [2.24, 2.45) is 5.41 Å². The normalized spacial score (nSPS) is 18.2. The Morgan fingerprint density at radius 2 is 1.67 bits per heavy atom. The van der Waals surface area contributed by atoms with Crippen LogP contribution in [0.25, 0.3) is 16.6 Å².